The molecule has 0 bridgehead atoms. The molecule has 5 rings (SSSR count). The molecule has 2 aromatic rings. The Morgan fingerprint density at radius 2 is 2.13 bits per heavy atom. The number of hydrogen-bond acceptors (Lipinski definition) is 6. The molecule has 30 heavy (non-hydrogen) atoms. The fourth-order valence-electron chi connectivity index (χ4n) is 4.97. The Bertz CT molecular complexity index is 1100. The van der Waals surface area contributed by atoms with Gasteiger partial charge < -0.3 is 29.7 Å². The first-order chi connectivity index (χ1) is 14.3. The normalized spacial score (nSPS) is 24.7. The van der Waals surface area contributed by atoms with Crippen molar-refractivity contribution in [3.63, 3.8) is 0 Å². The lowest BCUT2D eigenvalue weighted by Crippen LogP contribution is -2.40. The molecule has 1 aliphatic carbocycles. The minimum Gasteiger partial charge on any atom is -0.492 e. The minimum atomic E-state index is -1.42. The van der Waals surface area contributed by atoms with Crippen LogP contribution >= 0.6 is 0 Å². The molecule has 2 atom stereocenters. The van der Waals surface area contributed by atoms with Crippen LogP contribution in [0.1, 0.15) is 36.0 Å². The Labute approximate surface area is 171 Å². The smallest absolute Gasteiger partial charge is 0.341 e. The summed E-state index contributed by atoms with van der Waals surface area (Å²) in [6, 6.07) is 1.35. The highest BCUT2D eigenvalue weighted by atomic mass is 19.1. The number of piperidine rings is 1. The number of aliphatic hydroxyl groups is 1. The predicted molar refractivity (Wildman–Crippen MR) is 108 cm³/mol. The van der Waals surface area contributed by atoms with E-state index < -0.39 is 28.5 Å². The maximum atomic E-state index is 15.4. The number of carboxylic acid groups (broad SMARTS) is 1. The Morgan fingerprint density at radius 3 is 2.77 bits per heavy atom. The molecule has 9 heteroatoms. The topological polar surface area (TPSA) is 104 Å². The molecular formula is C21H24FN3O5. The lowest BCUT2D eigenvalue weighted by atomic mass is 9.94. The molecular weight excluding hydrogens is 393 g/mol. The van der Waals surface area contributed by atoms with Gasteiger partial charge in [-0.2, -0.15) is 0 Å². The molecule has 1 aromatic carbocycles. The van der Waals surface area contributed by atoms with Gasteiger partial charge in [-0.3, -0.25) is 4.79 Å². The van der Waals surface area contributed by atoms with Gasteiger partial charge in [-0.1, -0.05) is 0 Å². The van der Waals surface area contributed by atoms with Gasteiger partial charge in [0.05, 0.1) is 18.0 Å². The van der Waals surface area contributed by atoms with Gasteiger partial charge in [-0.25, -0.2) is 9.18 Å². The van der Waals surface area contributed by atoms with E-state index in [-0.39, 0.29) is 28.4 Å². The summed E-state index contributed by atoms with van der Waals surface area (Å²) in [6.07, 6.45) is 4.12. The number of halogens is 1. The Kier molecular flexibility index (Phi) is 4.30. The molecule has 8 nitrogen and oxygen atoms in total. The number of carbonyl (C=O) groups is 1. The van der Waals surface area contributed by atoms with Crippen molar-refractivity contribution in [3.8, 4) is 5.75 Å². The van der Waals surface area contributed by atoms with Crippen LogP contribution in [0.4, 0.5) is 10.1 Å². The molecule has 0 amide bonds. The number of nitrogens with zero attached hydrogens (tertiary/aromatic N) is 2. The third-order valence-electron chi connectivity index (χ3n) is 6.67. The van der Waals surface area contributed by atoms with E-state index in [0.29, 0.717) is 31.8 Å². The predicted octanol–water partition coefficient (Wildman–Crippen LogP) is 1.47. The first-order valence-corrected chi connectivity index (χ1v) is 10.2. The van der Waals surface area contributed by atoms with Crippen LogP contribution in [0.3, 0.4) is 0 Å². The largest absolute Gasteiger partial charge is 0.492 e. The summed E-state index contributed by atoms with van der Waals surface area (Å²) in [5, 5.41) is 23.6. The minimum absolute atomic E-state index is 0.108. The second kappa shape index (κ2) is 6.68. The van der Waals surface area contributed by atoms with Crippen LogP contribution in [-0.4, -0.2) is 53.5 Å². The van der Waals surface area contributed by atoms with E-state index in [2.05, 4.69) is 5.32 Å². The van der Waals surface area contributed by atoms with Crippen molar-refractivity contribution in [2.45, 2.75) is 37.5 Å². The number of carboxylic acids is 1. The van der Waals surface area contributed by atoms with Crippen LogP contribution < -0.4 is 20.4 Å². The maximum Gasteiger partial charge on any atom is 0.341 e. The second-order valence-electron chi connectivity index (χ2n) is 8.53. The third kappa shape index (κ3) is 2.79. The van der Waals surface area contributed by atoms with E-state index in [1.54, 1.807) is 0 Å². The first-order valence-electron chi connectivity index (χ1n) is 10.2. The second-order valence-corrected chi connectivity index (χ2v) is 8.53. The van der Waals surface area contributed by atoms with Gasteiger partial charge in [0, 0.05) is 25.3 Å². The molecule has 3 N–H and O–H groups in total. The molecule has 3 aliphatic rings. The summed E-state index contributed by atoms with van der Waals surface area (Å²) in [5.74, 6) is -1.49. The molecule has 1 saturated carbocycles. The number of benzene rings is 1. The quantitative estimate of drug-likeness (QED) is 0.692. The zero-order valence-corrected chi connectivity index (χ0v) is 16.7. The number of pyridine rings is 1. The Hall–Kier alpha value is -2.65. The monoisotopic (exact) mass is 417 g/mol. The molecule has 0 unspecified atom stereocenters. The fourth-order valence-corrected chi connectivity index (χ4v) is 4.97. The summed E-state index contributed by atoms with van der Waals surface area (Å²) in [6.45, 7) is 2.22. The highest BCUT2D eigenvalue weighted by Crippen LogP contribution is 2.47. The molecule has 160 valence electrons. The van der Waals surface area contributed by atoms with Crippen molar-refractivity contribution in [1.29, 1.82) is 0 Å². The number of hydrogen-bond donors (Lipinski definition) is 3. The van der Waals surface area contributed by atoms with Crippen molar-refractivity contribution < 1.29 is 24.1 Å². The van der Waals surface area contributed by atoms with Gasteiger partial charge >= 0.3 is 5.97 Å². The SMILES string of the molecule is COc1c(N2C[C@@H]3CCCN[C@@H]3C2)c(F)cc2c(=O)c(C(=O)O)cn(C3(O)CC3)c12. The molecule has 2 saturated heterocycles. The molecule has 2 aliphatic heterocycles. The van der Waals surface area contributed by atoms with E-state index in [1.165, 1.54) is 11.7 Å². The van der Waals surface area contributed by atoms with Crippen molar-refractivity contribution in [3.05, 3.63) is 33.9 Å². The van der Waals surface area contributed by atoms with E-state index in [4.69, 9.17) is 4.74 Å². The van der Waals surface area contributed by atoms with E-state index >= 15 is 4.39 Å². The van der Waals surface area contributed by atoms with E-state index in [9.17, 15) is 19.8 Å². The number of fused-ring (bicyclic) bond motifs is 2. The number of ether oxygens (including phenoxy) is 1. The van der Waals surface area contributed by atoms with Crippen molar-refractivity contribution >= 4 is 22.6 Å². The lowest BCUT2D eigenvalue weighted by Gasteiger charge is -2.26. The molecule has 0 spiro atoms. The van der Waals surface area contributed by atoms with Crippen LogP contribution in [-0.2, 0) is 5.72 Å². The maximum absolute atomic E-state index is 15.4. The van der Waals surface area contributed by atoms with Gasteiger partial charge in [0.25, 0.3) is 0 Å². The van der Waals surface area contributed by atoms with E-state index in [1.807, 2.05) is 4.90 Å². The standard InChI is InChI=1S/C21H24FN3O5/c1-30-19-16-12(18(26)13(20(27)28)9-25(16)21(29)4-5-21)7-14(22)17(19)24-8-11-3-2-6-23-15(11)10-24/h7,9,11,15,23,29H,2-6,8,10H2,1H3,(H,27,28)/t11-,15+/m0/s1. The van der Waals surface area contributed by atoms with Crippen LogP contribution in [0.2, 0.25) is 0 Å². The number of rotatable bonds is 4. The fraction of sp³-hybridized carbons (Fsp3) is 0.524. The van der Waals surface area contributed by atoms with Gasteiger partial charge in [-0.15, -0.1) is 0 Å². The van der Waals surface area contributed by atoms with E-state index in [0.717, 1.165) is 31.6 Å². The zero-order chi connectivity index (χ0) is 21.2. The third-order valence-corrected chi connectivity index (χ3v) is 6.67. The van der Waals surface area contributed by atoms with Crippen molar-refractivity contribution in [2.75, 3.05) is 31.6 Å². The lowest BCUT2D eigenvalue weighted by molar-refractivity contribution is 0.0679. The van der Waals surface area contributed by atoms with Crippen LogP contribution in [0, 0.1) is 11.7 Å². The molecule has 1 aromatic heterocycles. The Morgan fingerprint density at radius 1 is 1.37 bits per heavy atom. The van der Waals surface area contributed by atoms with Crippen LogP contribution in [0.15, 0.2) is 17.1 Å². The van der Waals surface area contributed by atoms with Gasteiger partial charge in [-0.05, 0) is 44.2 Å². The summed E-state index contributed by atoms with van der Waals surface area (Å²) in [4.78, 5) is 26.3. The molecule has 3 fully saturated rings. The molecule has 0 radical (unpaired) electrons. The summed E-state index contributed by atoms with van der Waals surface area (Å²) in [5.41, 5.74) is -2.13. The van der Waals surface area contributed by atoms with Gasteiger partial charge in [0.2, 0.25) is 5.43 Å². The van der Waals surface area contributed by atoms with Crippen molar-refractivity contribution in [1.82, 2.24) is 9.88 Å². The van der Waals surface area contributed by atoms with Crippen LogP contribution in [0.5, 0.6) is 5.75 Å². The summed E-state index contributed by atoms with van der Waals surface area (Å²) in [7, 11) is 1.40. The highest BCUT2D eigenvalue weighted by Gasteiger charge is 2.45. The summed E-state index contributed by atoms with van der Waals surface area (Å²) < 4.78 is 22.3. The zero-order valence-electron chi connectivity index (χ0n) is 16.7. The highest BCUT2D eigenvalue weighted by molar-refractivity contribution is 5.97. The van der Waals surface area contributed by atoms with Gasteiger partial charge in [0.1, 0.15) is 17.0 Å². The van der Waals surface area contributed by atoms with Crippen molar-refractivity contribution in [2.24, 2.45) is 5.92 Å². The average molecular weight is 417 g/mol. The van der Waals surface area contributed by atoms with Crippen LogP contribution in [0.25, 0.3) is 10.9 Å². The number of anilines is 1. The molecule has 3 heterocycles. The Balaban J connectivity index is 1.76. The summed E-state index contributed by atoms with van der Waals surface area (Å²) >= 11 is 0. The van der Waals surface area contributed by atoms with Gasteiger partial charge in [0.15, 0.2) is 11.6 Å². The number of aromatic nitrogens is 1. The average Bonchev–Trinajstić information content (AvgIpc) is 3.32. The first kappa shape index (κ1) is 19.3. The number of nitrogens with one attached hydrogen (secondary N) is 1. The number of methoxy groups -OCH3 is 1. The number of aromatic carboxylic acids is 1.